The van der Waals surface area contributed by atoms with E-state index in [9.17, 15) is 9.18 Å². The second-order valence-electron chi connectivity index (χ2n) is 5.74. The Bertz CT molecular complexity index is 861. The number of halogens is 1. The Labute approximate surface area is 145 Å². The lowest BCUT2D eigenvalue weighted by molar-refractivity contribution is 0.102. The van der Waals surface area contributed by atoms with E-state index < -0.39 is 0 Å². The molecule has 1 amide bonds. The molecule has 0 spiro atoms. The van der Waals surface area contributed by atoms with E-state index in [1.165, 1.54) is 35.4 Å². The SMILES string of the molecule is Cc1cccc(CNc2ccc(NC(=O)c3ccc(F)cc3)nc2)c1. The number of aryl methyl sites for hydroxylation is 1. The van der Waals surface area contributed by atoms with Gasteiger partial charge in [0.15, 0.2) is 0 Å². The lowest BCUT2D eigenvalue weighted by Crippen LogP contribution is -2.13. The van der Waals surface area contributed by atoms with Gasteiger partial charge in [0.05, 0.1) is 11.9 Å². The number of pyridine rings is 1. The van der Waals surface area contributed by atoms with Crippen LogP contribution in [0, 0.1) is 12.7 Å². The molecule has 1 aromatic heterocycles. The zero-order valence-electron chi connectivity index (χ0n) is 13.8. The number of benzene rings is 2. The van der Waals surface area contributed by atoms with Gasteiger partial charge in [-0.2, -0.15) is 0 Å². The average molecular weight is 335 g/mol. The van der Waals surface area contributed by atoms with E-state index >= 15 is 0 Å². The molecule has 0 atom stereocenters. The molecule has 4 nitrogen and oxygen atoms in total. The quantitative estimate of drug-likeness (QED) is 0.727. The molecule has 0 saturated carbocycles. The van der Waals surface area contributed by atoms with Gasteiger partial charge in [0.1, 0.15) is 11.6 Å². The van der Waals surface area contributed by atoms with Crippen LogP contribution < -0.4 is 10.6 Å². The highest BCUT2D eigenvalue weighted by Gasteiger charge is 2.07. The van der Waals surface area contributed by atoms with Crippen molar-refractivity contribution in [3.63, 3.8) is 0 Å². The Balaban J connectivity index is 1.58. The lowest BCUT2D eigenvalue weighted by atomic mass is 10.1. The average Bonchev–Trinajstić information content (AvgIpc) is 2.62. The fourth-order valence-corrected chi connectivity index (χ4v) is 2.39. The molecular formula is C20H18FN3O. The normalized spacial score (nSPS) is 10.3. The van der Waals surface area contributed by atoms with Crippen LogP contribution in [0.1, 0.15) is 21.5 Å². The summed E-state index contributed by atoms with van der Waals surface area (Å²) in [6, 6.07) is 17.2. The van der Waals surface area contributed by atoms with Gasteiger partial charge in [-0.25, -0.2) is 9.37 Å². The van der Waals surface area contributed by atoms with Crippen LogP contribution in [-0.4, -0.2) is 10.9 Å². The minimum Gasteiger partial charge on any atom is -0.380 e. The van der Waals surface area contributed by atoms with Gasteiger partial charge in [-0.1, -0.05) is 29.8 Å². The van der Waals surface area contributed by atoms with Gasteiger partial charge >= 0.3 is 0 Å². The second-order valence-corrected chi connectivity index (χ2v) is 5.74. The summed E-state index contributed by atoms with van der Waals surface area (Å²) >= 11 is 0. The van der Waals surface area contributed by atoms with E-state index in [1.54, 1.807) is 12.3 Å². The van der Waals surface area contributed by atoms with Crippen LogP contribution in [0.2, 0.25) is 0 Å². The zero-order chi connectivity index (χ0) is 17.6. The molecule has 0 fully saturated rings. The highest BCUT2D eigenvalue weighted by molar-refractivity contribution is 6.03. The molecule has 5 heteroatoms. The fraction of sp³-hybridized carbons (Fsp3) is 0.100. The first-order valence-electron chi connectivity index (χ1n) is 7.92. The predicted octanol–water partition coefficient (Wildman–Crippen LogP) is 4.39. The molecule has 0 aliphatic heterocycles. The summed E-state index contributed by atoms with van der Waals surface area (Å²) in [6.45, 7) is 2.76. The van der Waals surface area contributed by atoms with E-state index in [0.717, 1.165) is 5.69 Å². The first kappa shape index (κ1) is 16.6. The maximum absolute atomic E-state index is 12.9. The van der Waals surface area contributed by atoms with Crippen molar-refractivity contribution in [2.45, 2.75) is 13.5 Å². The molecular weight excluding hydrogens is 317 g/mol. The summed E-state index contributed by atoms with van der Waals surface area (Å²) in [5.74, 6) is -0.262. The summed E-state index contributed by atoms with van der Waals surface area (Å²) in [5.41, 5.74) is 3.65. The van der Waals surface area contributed by atoms with Crippen LogP contribution in [0.15, 0.2) is 66.9 Å². The molecule has 1 heterocycles. The van der Waals surface area contributed by atoms with Crippen LogP contribution in [0.4, 0.5) is 15.9 Å². The third-order valence-electron chi connectivity index (χ3n) is 3.69. The highest BCUT2D eigenvalue weighted by atomic mass is 19.1. The van der Waals surface area contributed by atoms with Crippen LogP contribution in [-0.2, 0) is 6.54 Å². The summed E-state index contributed by atoms with van der Waals surface area (Å²) in [5, 5.41) is 5.98. The van der Waals surface area contributed by atoms with Crippen LogP contribution >= 0.6 is 0 Å². The van der Waals surface area contributed by atoms with Crippen LogP contribution in [0.25, 0.3) is 0 Å². The molecule has 0 aliphatic carbocycles. The minimum atomic E-state index is -0.376. The molecule has 0 unspecified atom stereocenters. The van der Waals surface area contributed by atoms with Gasteiger partial charge in [-0.05, 0) is 48.9 Å². The van der Waals surface area contributed by atoms with Crippen LogP contribution in [0.5, 0.6) is 0 Å². The number of carbonyl (C=O) groups excluding carboxylic acids is 1. The molecule has 2 aromatic carbocycles. The van der Waals surface area contributed by atoms with Crippen molar-refractivity contribution >= 4 is 17.4 Å². The highest BCUT2D eigenvalue weighted by Crippen LogP contribution is 2.13. The molecule has 126 valence electrons. The molecule has 0 bridgehead atoms. The number of hydrogen-bond acceptors (Lipinski definition) is 3. The number of nitrogens with one attached hydrogen (secondary N) is 2. The molecule has 3 rings (SSSR count). The van der Waals surface area contributed by atoms with E-state index in [0.29, 0.717) is 17.9 Å². The third-order valence-corrected chi connectivity index (χ3v) is 3.69. The molecule has 3 aromatic rings. The fourth-order valence-electron chi connectivity index (χ4n) is 2.39. The second kappa shape index (κ2) is 7.57. The number of nitrogens with zero attached hydrogens (tertiary/aromatic N) is 1. The van der Waals surface area contributed by atoms with Gasteiger partial charge in [0.2, 0.25) is 0 Å². The van der Waals surface area contributed by atoms with E-state index in [1.807, 2.05) is 12.1 Å². The van der Waals surface area contributed by atoms with Crippen molar-refractivity contribution < 1.29 is 9.18 Å². The largest absolute Gasteiger partial charge is 0.380 e. The number of anilines is 2. The van der Waals surface area contributed by atoms with Crippen LogP contribution in [0.3, 0.4) is 0 Å². The standard InChI is InChI=1S/C20H18FN3O/c1-14-3-2-4-15(11-14)12-22-18-9-10-19(23-13-18)24-20(25)16-5-7-17(21)8-6-16/h2-11,13,22H,12H2,1H3,(H,23,24,25). The third kappa shape index (κ3) is 4.64. The number of aromatic nitrogens is 1. The van der Waals surface area contributed by atoms with Crippen molar-refractivity contribution in [3.05, 3.63) is 89.4 Å². The van der Waals surface area contributed by atoms with Gasteiger partial charge < -0.3 is 10.6 Å². The Morgan fingerprint density at radius 3 is 2.56 bits per heavy atom. The minimum absolute atomic E-state index is 0.326. The molecule has 0 radical (unpaired) electrons. The van der Waals surface area contributed by atoms with Gasteiger partial charge in [-0.15, -0.1) is 0 Å². The summed E-state index contributed by atoms with van der Waals surface area (Å²) in [7, 11) is 0. The van der Waals surface area contributed by atoms with E-state index in [-0.39, 0.29) is 11.7 Å². The maximum atomic E-state index is 12.9. The van der Waals surface area contributed by atoms with Crippen molar-refractivity contribution in [1.29, 1.82) is 0 Å². The topological polar surface area (TPSA) is 54.0 Å². The van der Waals surface area contributed by atoms with Crippen molar-refractivity contribution in [3.8, 4) is 0 Å². The summed E-state index contributed by atoms with van der Waals surface area (Å²) in [4.78, 5) is 16.3. The summed E-state index contributed by atoms with van der Waals surface area (Å²) < 4.78 is 12.9. The Morgan fingerprint density at radius 2 is 1.88 bits per heavy atom. The van der Waals surface area contributed by atoms with E-state index in [2.05, 4.69) is 40.7 Å². The smallest absolute Gasteiger partial charge is 0.256 e. The monoisotopic (exact) mass is 335 g/mol. The molecule has 2 N–H and O–H groups in total. The number of amides is 1. The maximum Gasteiger partial charge on any atom is 0.256 e. The Kier molecular flexibility index (Phi) is 5.04. The molecule has 25 heavy (non-hydrogen) atoms. The van der Waals surface area contributed by atoms with Crippen molar-refractivity contribution in [2.75, 3.05) is 10.6 Å². The number of carbonyl (C=O) groups is 1. The first-order chi connectivity index (χ1) is 12.1. The van der Waals surface area contributed by atoms with E-state index in [4.69, 9.17) is 0 Å². The van der Waals surface area contributed by atoms with Crippen molar-refractivity contribution in [1.82, 2.24) is 4.98 Å². The zero-order valence-corrected chi connectivity index (χ0v) is 13.8. The van der Waals surface area contributed by atoms with Gasteiger partial charge in [0.25, 0.3) is 5.91 Å². The van der Waals surface area contributed by atoms with Crippen molar-refractivity contribution in [2.24, 2.45) is 0 Å². The summed E-state index contributed by atoms with van der Waals surface area (Å²) in [6.07, 6.45) is 1.66. The Hall–Kier alpha value is -3.21. The lowest BCUT2D eigenvalue weighted by Gasteiger charge is -2.08. The molecule has 0 aliphatic rings. The number of hydrogen-bond donors (Lipinski definition) is 2. The molecule has 0 saturated heterocycles. The first-order valence-corrected chi connectivity index (χ1v) is 7.92. The Morgan fingerprint density at radius 1 is 1.08 bits per heavy atom. The number of rotatable bonds is 5. The van der Waals surface area contributed by atoms with Gasteiger partial charge in [0, 0.05) is 12.1 Å². The predicted molar refractivity (Wildman–Crippen MR) is 97.1 cm³/mol. The van der Waals surface area contributed by atoms with Gasteiger partial charge in [-0.3, -0.25) is 4.79 Å².